The van der Waals surface area contributed by atoms with Crippen LogP contribution in [0.2, 0.25) is 0 Å². The average Bonchev–Trinajstić information content (AvgIpc) is 3.10. The molecule has 0 saturated carbocycles. The van der Waals surface area contributed by atoms with E-state index in [1.807, 2.05) is 31.2 Å². The fourth-order valence-corrected chi connectivity index (χ4v) is 3.93. The van der Waals surface area contributed by atoms with Gasteiger partial charge in [0.1, 0.15) is 6.61 Å². The number of amides is 1. The lowest BCUT2D eigenvalue weighted by molar-refractivity contribution is 0.0929. The van der Waals surface area contributed by atoms with Crippen LogP contribution >= 0.6 is 0 Å². The van der Waals surface area contributed by atoms with E-state index in [-0.39, 0.29) is 18.1 Å². The summed E-state index contributed by atoms with van der Waals surface area (Å²) in [5.74, 6) is 0.0733. The molecule has 0 bridgehead atoms. The highest BCUT2D eigenvalue weighted by Crippen LogP contribution is 2.44. The first-order valence-electron chi connectivity index (χ1n) is 8.45. The topological polar surface area (TPSA) is 49.8 Å². The third-order valence-electron chi connectivity index (χ3n) is 5.12. The summed E-state index contributed by atoms with van der Waals surface area (Å²) < 4.78 is 5.62. The highest BCUT2D eigenvalue weighted by atomic mass is 16.6. The summed E-state index contributed by atoms with van der Waals surface area (Å²) in [7, 11) is 0. The predicted octanol–water partition coefficient (Wildman–Crippen LogP) is 3.39. The number of aliphatic hydroxyl groups is 1. The fraction of sp³-hybridized carbons (Fsp3) is 0.350. The first-order valence-corrected chi connectivity index (χ1v) is 8.45. The number of fused-ring (bicyclic) bond motifs is 3. The third kappa shape index (κ3) is 2.47. The van der Waals surface area contributed by atoms with Crippen LogP contribution in [-0.2, 0) is 4.74 Å². The molecule has 2 aliphatic rings. The van der Waals surface area contributed by atoms with E-state index in [2.05, 4.69) is 24.3 Å². The van der Waals surface area contributed by atoms with Crippen LogP contribution in [0.4, 0.5) is 4.79 Å². The molecule has 124 valence electrons. The van der Waals surface area contributed by atoms with Gasteiger partial charge in [0.05, 0.1) is 12.6 Å². The Balaban J connectivity index is 1.54. The molecular weight excluding hydrogens is 302 g/mol. The molecule has 2 aromatic rings. The first kappa shape index (κ1) is 15.2. The molecule has 0 unspecified atom stereocenters. The van der Waals surface area contributed by atoms with Gasteiger partial charge in [0, 0.05) is 12.0 Å². The van der Waals surface area contributed by atoms with E-state index in [9.17, 15) is 9.90 Å². The van der Waals surface area contributed by atoms with Gasteiger partial charge in [-0.1, -0.05) is 48.5 Å². The van der Waals surface area contributed by atoms with Gasteiger partial charge in [-0.2, -0.15) is 0 Å². The maximum absolute atomic E-state index is 12.4. The molecule has 2 atom stereocenters. The van der Waals surface area contributed by atoms with Gasteiger partial charge in [-0.15, -0.1) is 0 Å². The molecule has 24 heavy (non-hydrogen) atoms. The molecule has 0 spiro atoms. The van der Waals surface area contributed by atoms with Gasteiger partial charge in [-0.25, -0.2) is 4.79 Å². The second-order valence-electron chi connectivity index (χ2n) is 6.69. The molecule has 4 nitrogen and oxygen atoms in total. The highest BCUT2D eigenvalue weighted by molar-refractivity contribution is 5.79. The van der Waals surface area contributed by atoms with E-state index in [4.69, 9.17) is 4.74 Å². The van der Waals surface area contributed by atoms with Crippen LogP contribution in [0.5, 0.6) is 0 Å². The Morgan fingerprint density at radius 2 is 1.71 bits per heavy atom. The molecule has 1 fully saturated rings. The molecule has 1 aliphatic heterocycles. The molecule has 1 saturated heterocycles. The zero-order valence-electron chi connectivity index (χ0n) is 13.7. The molecule has 4 rings (SSSR count). The SMILES string of the molecule is C[C@@H]1C[C@@H](O)CN1C(=O)OCC1c2ccccc2-c2ccccc21. The molecule has 1 aliphatic carbocycles. The molecule has 1 amide bonds. The predicted molar refractivity (Wildman–Crippen MR) is 91.9 cm³/mol. The summed E-state index contributed by atoms with van der Waals surface area (Å²) in [6.45, 7) is 2.63. The minimum Gasteiger partial charge on any atom is -0.448 e. The zero-order valence-corrected chi connectivity index (χ0v) is 13.7. The summed E-state index contributed by atoms with van der Waals surface area (Å²) in [6, 6.07) is 16.6. The van der Waals surface area contributed by atoms with Gasteiger partial charge in [0.25, 0.3) is 0 Å². The van der Waals surface area contributed by atoms with Crippen molar-refractivity contribution in [3.8, 4) is 11.1 Å². The van der Waals surface area contributed by atoms with Crippen molar-refractivity contribution in [2.75, 3.05) is 13.2 Å². The highest BCUT2D eigenvalue weighted by Gasteiger charge is 2.34. The summed E-state index contributed by atoms with van der Waals surface area (Å²) in [5.41, 5.74) is 4.86. The molecule has 1 heterocycles. The van der Waals surface area contributed by atoms with Crippen LogP contribution in [0.15, 0.2) is 48.5 Å². The lowest BCUT2D eigenvalue weighted by Gasteiger charge is -2.22. The second kappa shape index (κ2) is 5.95. The maximum Gasteiger partial charge on any atom is 0.410 e. The molecule has 1 N–H and O–H groups in total. The van der Waals surface area contributed by atoms with E-state index in [0.717, 1.165) is 0 Å². The van der Waals surface area contributed by atoms with Crippen LogP contribution in [0, 0.1) is 0 Å². The number of likely N-dealkylation sites (tertiary alicyclic amines) is 1. The molecule has 0 radical (unpaired) electrons. The number of carbonyl (C=O) groups excluding carboxylic acids is 1. The van der Waals surface area contributed by atoms with Gasteiger partial charge in [0.2, 0.25) is 0 Å². The van der Waals surface area contributed by atoms with Crippen LogP contribution < -0.4 is 0 Å². The van der Waals surface area contributed by atoms with E-state index in [0.29, 0.717) is 19.6 Å². The van der Waals surface area contributed by atoms with Gasteiger partial charge in [-0.05, 0) is 35.6 Å². The van der Waals surface area contributed by atoms with Crippen LogP contribution in [0.1, 0.15) is 30.4 Å². The molecule has 2 aromatic carbocycles. The number of ether oxygens (including phenoxy) is 1. The summed E-state index contributed by atoms with van der Waals surface area (Å²) >= 11 is 0. The summed E-state index contributed by atoms with van der Waals surface area (Å²) in [4.78, 5) is 14.0. The van der Waals surface area contributed by atoms with Crippen LogP contribution in [0.3, 0.4) is 0 Å². The van der Waals surface area contributed by atoms with Crippen LogP contribution in [-0.4, -0.2) is 41.4 Å². The number of aliphatic hydroxyl groups excluding tert-OH is 1. The monoisotopic (exact) mass is 323 g/mol. The normalized spacial score (nSPS) is 22.3. The van der Waals surface area contributed by atoms with Crippen molar-refractivity contribution in [2.45, 2.75) is 31.4 Å². The van der Waals surface area contributed by atoms with Gasteiger partial charge in [-0.3, -0.25) is 0 Å². The average molecular weight is 323 g/mol. The molecular formula is C20H21NO3. The van der Waals surface area contributed by atoms with Crippen LogP contribution in [0.25, 0.3) is 11.1 Å². The second-order valence-corrected chi connectivity index (χ2v) is 6.69. The lowest BCUT2D eigenvalue weighted by atomic mass is 9.98. The first-order chi connectivity index (χ1) is 11.6. The van der Waals surface area contributed by atoms with Crippen molar-refractivity contribution in [1.29, 1.82) is 0 Å². The quantitative estimate of drug-likeness (QED) is 0.921. The van der Waals surface area contributed by atoms with E-state index >= 15 is 0 Å². The Morgan fingerprint density at radius 3 is 2.25 bits per heavy atom. The number of β-amino-alcohol motifs (C(OH)–C–C–N with tert-alkyl or cyclic N) is 1. The third-order valence-corrected chi connectivity index (χ3v) is 5.12. The van der Waals surface area contributed by atoms with E-state index in [1.54, 1.807) is 4.90 Å². The number of hydrogen-bond donors (Lipinski definition) is 1. The molecule has 4 heteroatoms. The number of hydrogen-bond acceptors (Lipinski definition) is 3. The molecule has 0 aromatic heterocycles. The van der Waals surface area contributed by atoms with E-state index in [1.165, 1.54) is 22.3 Å². The Hall–Kier alpha value is -2.33. The standard InChI is InChI=1S/C20H21NO3/c1-13-10-14(22)11-21(13)20(23)24-12-19-17-8-4-2-6-15(17)16-7-3-5-9-18(16)19/h2-9,13-14,19,22H,10-12H2,1H3/t13-,14-/m1/s1. The number of carbonyl (C=O) groups is 1. The summed E-state index contributed by atoms with van der Waals surface area (Å²) in [6.07, 6.45) is -0.161. The zero-order chi connectivity index (χ0) is 16.7. The van der Waals surface area contributed by atoms with Gasteiger partial charge in [0.15, 0.2) is 0 Å². The Bertz CT molecular complexity index is 727. The fourth-order valence-electron chi connectivity index (χ4n) is 3.93. The minimum atomic E-state index is -0.444. The lowest BCUT2D eigenvalue weighted by Crippen LogP contribution is -2.35. The Kier molecular flexibility index (Phi) is 3.77. The maximum atomic E-state index is 12.4. The van der Waals surface area contributed by atoms with Crippen molar-refractivity contribution in [3.63, 3.8) is 0 Å². The largest absolute Gasteiger partial charge is 0.448 e. The van der Waals surface area contributed by atoms with Crippen molar-refractivity contribution in [3.05, 3.63) is 59.7 Å². The Morgan fingerprint density at radius 1 is 1.12 bits per heavy atom. The van der Waals surface area contributed by atoms with Crippen molar-refractivity contribution < 1.29 is 14.6 Å². The van der Waals surface area contributed by atoms with Crippen molar-refractivity contribution in [1.82, 2.24) is 4.90 Å². The van der Waals surface area contributed by atoms with Crippen molar-refractivity contribution >= 4 is 6.09 Å². The Labute approximate surface area is 141 Å². The number of rotatable bonds is 2. The van der Waals surface area contributed by atoms with Gasteiger partial charge >= 0.3 is 6.09 Å². The van der Waals surface area contributed by atoms with E-state index < -0.39 is 6.10 Å². The number of nitrogens with zero attached hydrogens (tertiary/aromatic N) is 1. The number of benzene rings is 2. The van der Waals surface area contributed by atoms with Crippen molar-refractivity contribution in [2.24, 2.45) is 0 Å². The minimum absolute atomic E-state index is 0.0238. The van der Waals surface area contributed by atoms with Gasteiger partial charge < -0.3 is 14.7 Å². The summed E-state index contributed by atoms with van der Waals surface area (Å²) in [5, 5.41) is 9.71. The smallest absolute Gasteiger partial charge is 0.410 e.